The average molecular weight is 1560 g/mol. The van der Waals surface area contributed by atoms with Gasteiger partial charge in [0.1, 0.15) is 30.0 Å². The quantitative estimate of drug-likeness (QED) is 0.00284. The number of anilines is 2. The van der Waals surface area contributed by atoms with E-state index < -0.39 is 130 Å². The molecule has 6 rings (SSSR count). The predicted molar refractivity (Wildman–Crippen MR) is 355 cm³/mol. The monoisotopic (exact) mass is 1550 g/mol. The summed E-state index contributed by atoms with van der Waals surface area (Å²) >= 11 is 0. The molecule has 2 aliphatic heterocycles. The van der Waals surface area contributed by atoms with Gasteiger partial charge in [-0.1, -0.05) is 55.0 Å². The normalized spacial score (nSPS) is 16.5. The number of carboxylic acids is 1. The zero-order valence-corrected chi connectivity index (χ0v) is 59.4. The second kappa shape index (κ2) is 37.1. The number of aromatic nitrogens is 2. The number of rotatable bonds is 40. The molecule has 1 fully saturated rings. The van der Waals surface area contributed by atoms with Crippen LogP contribution in [0.2, 0.25) is 0 Å². The Morgan fingerprint density at radius 1 is 0.847 bits per heavy atom. The van der Waals surface area contributed by atoms with Gasteiger partial charge in [0.2, 0.25) is 0 Å². The number of aromatic carboxylic acids is 1. The van der Waals surface area contributed by atoms with Gasteiger partial charge in [0, 0.05) is 59.1 Å². The number of benzene rings is 3. The lowest BCUT2D eigenvalue weighted by molar-refractivity contribution is -0.0543. The molecule has 15 N–H and O–H groups in total. The third kappa shape index (κ3) is 25.4. The van der Waals surface area contributed by atoms with Gasteiger partial charge in [-0.2, -0.15) is 30.4 Å². The molecule has 5 atom stereocenters. The van der Waals surface area contributed by atoms with Gasteiger partial charge in [-0.3, -0.25) is 28.4 Å². The molecule has 3 aromatic rings. The van der Waals surface area contributed by atoms with Crippen molar-refractivity contribution in [2.45, 2.75) is 72.5 Å². The molecule has 3 heterocycles. The Hall–Kier alpha value is -5.27. The molecule has 98 heavy (non-hydrogen) atoms. The Morgan fingerprint density at radius 3 is 2.23 bits per heavy atom. The zero-order valence-electron chi connectivity index (χ0n) is 51.8. The molecule has 1 aromatic heterocycles. The van der Waals surface area contributed by atoms with E-state index in [1.165, 1.54) is 56.8 Å². The lowest BCUT2D eigenvalue weighted by atomic mass is 9.89. The van der Waals surface area contributed by atoms with E-state index in [4.69, 9.17) is 68.9 Å². The Bertz CT molecular complexity index is 4200. The van der Waals surface area contributed by atoms with Crippen LogP contribution in [0.3, 0.4) is 0 Å². The van der Waals surface area contributed by atoms with Crippen LogP contribution in [0.25, 0.3) is 33.4 Å². The van der Waals surface area contributed by atoms with E-state index in [0.717, 1.165) is 28.8 Å². The van der Waals surface area contributed by atoms with Gasteiger partial charge in [-0.15, -0.1) is 0 Å². The fourth-order valence-electron chi connectivity index (χ4n) is 8.80. The molecule has 2 aromatic carbocycles. The van der Waals surface area contributed by atoms with Crippen molar-refractivity contribution in [1.29, 1.82) is 5.41 Å². The van der Waals surface area contributed by atoms with Crippen molar-refractivity contribution in [3.05, 3.63) is 81.2 Å². The molecule has 0 spiro atoms. The first-order valence-corrected chi connectivity index (χ1v) is 40.8. The number of fused-ring (bicyclic) bond motifs is 2. The van der Waals surface area contributed by atoms with Crippen molar-refractivity contribution < 1.29 is 130 Å². The number of amides is 2. The summed E-state index contributed by atoms with van der Waals surface area (Å²) in [6, 6.07) is 7.92. The molecule has 1 aliphatic carbocycles. The largest absolute Gasteiger partial charge is 0.490 e. The second-order valence-electron chi connectivity index (χ2n) is 20.7. The SMILES string of the molecule is CSSCO[C@H]1CC(n2cc(C#CCNC(=O)OCCCCOCSSC(C)(C)CCONCCOCCOCCNC(=O)c3ccc(C(=O)O)c(-c4c5ccc(=N)c(S(=O)(=O)O)c-5oc5c(S(=O)(=O)O)c(N)ccc45)c3)c(N)nc2=O)O[C@@H]1COP(=O)(O)OP(=O)(O)OP(=O)(O)O. The van der Waals surface area contributed by atoms with Crippen molar-refractivity contribution in [2.75, 3.05) is 102 Å². The van der Waals surface area contributed by atoms with E-state index in [0.29, 0.717) is 45.0 Å². The summed E-state index contributed by atoms with van der Waals surface area (Å²) in [5, 5.41) is 22.6. The Labute approximate surface area is 574 Å². The van der Waals surface area contributed by atoms with Crippen molar-refractivity contribution in [3.8, 4) is 34.3 Å². The van der Waals surface area contributed by atoms with Gasteiger partial charge in [-0.25, -0.2) is 33.6 Å². The molecule has 0 radical (unpaired) electrons. The number of hydroxylamine groups is 1. The highest BCUT2D eigenvalue weighted by Gasteiger charge is 2.44. The van der Waals surface area contributed by atoms with Crippen LogP contribution in [0.5, 0.6) is 0 Å². The van der Waals surface area contributed by atoms with Crippen LogP contribution >= 0.6 is 66.6 Å². The maximum absolute atomic E-state index is 13.4. The summed E-state index contributed by atoms with van der Waals surface area (Å²) in [7, 11) is -21.6. The lowest BCUT2D eigenvalue weighted by Crippen LogP contribution is -2.29. The zero-order chi connectivity index (χ0) is 72.2. The van der Waals surface area contributed by atoms with Crippen LogP contribution in [0.15, 0.2) is 67.7 Å². The second-order valence-corrected chi connectivity index (χ2v) is 33.3. The first-order valence-electron chi connectivity index (χ1n) is 28.4. The topological polar surface area (TPSA) is 565 Å². The van der Waals surface area contributed by atoms with Crippen molar-refractivity contribution in [3.63, 3.8) is 0 Å². The molecule has 0 bridgehead atoms. The minimum atomic E-state index is -5.79. The summed E-state index contributed by atoms with van der Waals surface area (Å²) in [6.45, 7) is 5.09. The first-order chi connectivity index (χ1) is 46.0. The van der Waals surface area contributed by atoms with Gasteiger partial charge >= 0.3 is 41.2 Å². The highest BCUT2D eigenvalue weighted by molar-refractivity contribution is 8.77. The predicted octanol–water partition coefficient (Wildman–Crippen LogP) is 4.95. The third-order valence-electron chi connectivity index (χ3n) is 13.1. The van der Waals surface area contributed by atoms with Gasteiger partial charge in [0.25, 0.3) is 26.1 Å². The van der Waals surface area contributed by atoms with Crippen LogP contribution < -0.4 is 38.6 Å². The molecule has 3 unspecified atom stereocenters. The number of hydrogen-bond acceptors (Lipinski definition) is 31. The Balaban J connectivity index is 0.810. The number of nitrogens with one attached hydrogen (secondary N) is 4. The molecule has 0 saturated carbocycles. The summed E-state index contributed by atoms with van der Waals surface area (Å²) in [5.74, 6) is 2.66. The maximum Gasteiger partial charge on any atom is 0.490 e. The number of nitrogen functional groups attached to an aromatic ring is 2. The maximum atomic E-state index is 13.4. The van der Waals surface area contributed by atoms with E-state index in [1.807, 2.05) is 0 Å². The highest BCUT2D eigenvalue weighted by atomic mass is 33.1. The highest BCUT2D eigenvalue weighted by Crippen LogP contribution is 2.66. The summed E-state index contributed by atoms with van der Waals surface area (Å²) in [5.41, 5.74) is 11.4. The molecule has 2 amide bonds. The summed E-state index contributed by atoms with van der Waals surface area (Å²) < 4.78 is 158. The van der Waals surface area contributed by atoms with E-state index in [9.17, 15) is 73.7 Å². The van der Waals surface area contributed by atoms with Gasteiger partial charge in [0.15, 0.2) is 21.1 Å². The number of carboxylic acid groups (broad SMARTS) is 1. The fourth-order valence-corrected chi connectivity index (χ4v) is 16.4. The van der Waals surface area contributed by atoms with E-state index in [-0.39, 0.29) is 102 Å². The van der Waals surface area contributed by atoms with E-state index in [1.54, 1.807) is 17.0 Å². The van der Waals surface area contributed by atoms with Crippen LogP contribution in [0, 0.1) is 17.3 Å². The number of nitrogens with two attached hydrogens (primary N) is 2. The lowest BCUT2D eigenvalue weighted by Gasteiger charge is -2.22. The minimum Gasteiger partial charge on any atom is -0.478 e. The molecular formula is C52H69N8O29P3S6. The number of carbonyl (C=O) groups is 3. The molecule has 46 heteroatoms. The van der Waals surface area contributed by atoms with Crippen molar-refractivity contribution in [1.82, 2.24) is 25.7 Å². The Kier molecular flexibility index (Phi) is 30.9. The summed E-state index contributed by atoms with van der Waals surface area (Å²) in [4.78, 5) is 95.5. The Morgan fingerprint density at radius 2 is 1.55 bits per heavy atom. The van der Waals surface area contributed by atoms with Gasteiger partial charge in [0.05, 0.1) is 81.1 Å². The minimum absolute atomic E-state index is 0.00262. The average Bonchev–Trinajstić information content (AvgIpc) is 0.801. The number of ether oxygens (including phenoxy) is 6. The van der Waals surface area contributed by atoms with E-state index in [2.05, 4.69) is 55.4 Å². The van der Waals surface area contributed by atoms with E-state index >= 15 is 0 Å². The number of carbonyl (C=O) groups excluding carboxylic acids is 2. The third-order valence-corrected chi connectivity index (χ3v) is 23.2. The van der Waals surface area contributed by atoms with Gasteiger partial charge in [-0.05, 0) is 87.4 Å². The number of alkyl carbamates (subject to hydrolysis) is 1. The molecule has 3 aliphatic rings. The number of unbranched alkanes of at least 4 members (excludes halogenated alkanes) is 1. The van der Waals surface area contributed by atoms with Crippen LogP contribution in [0.1, 0.15) is 72.0 Å². The number of phosphoric acid groups is 3. The van der Waals surface area contributed by atoms with Crippen molar-refractivity contribution in [2.24, 2.45) is 0 Å². The van der Waals surface area contributed by atoms with Gasteiger partial charge < -0.3 is 84.5 Å². The number of phosphoric ester groups is 1. The number of hydrogen-bond donors (Lipinski definition) is 13. The smallest absolute Gasteiger partial charge is 0.478 e. The van der Waals surface area contributed by atoms with Crippen molar-refractivity contribution >= 4 is 127 Å². The molecular weight excluding hydrogens is 1490 g/mol. The standard InChI is InChI=1S/C52H69N8O29P3S6/c1-52(2,96-95-29-81-18-4-5-19-82-51(65)57-15-6-7-32-27-60(50(64)59-47(32)55)41-26-39(83-30-94-93-3)40(86-41)28-85-91(69,70)89-92(71,72)88-90(66,67)68)14-20-84-58-17-22-80-24-23-79-21-16-56-48(61)31-8-9-33(49(62)63)36(25-31)42-34-10-12-37(53)45(97(73,74)75)43(34)87-44-35(42)11-13-38(54)46(44)98(76,77)78/h8-13,25,27,39-41,53,58H,4-5,14-24,26,28-30,54H2,1-3H3,(H,56,61)(H,57,65)(H,62,63)(H,69,70)(H,71,72)(H2,55,59,64)(H2,66,67,68)(H,73,74,75)(H,76,77,78)/t39-,40+,41?/m0/s1. The fraction of sp³-hybridized carbons (Fsp3) is 0.462. The molecule has 37 nitrogen and oxygen atoms in total. The molecule has 542 valence electrons. The number of nitrogens with zero attached hydrogens (tertiary/aromatic N) is 2. The van der Waals surface area contributed by atoms with Crippen LogP contribution in [-0.4, -0.2) is 186 Å². The van der Waals surface area contributed by atoms with Crippen LogP contribution in [0.4, 0.5) is 16.3 Å². The van der Waals surface area contributed by atoms with Crippen LogP contribution in [-0.2, 0) is 80.3 Å². The first kappa shape index (κ1) is 81.7. The summed E-state index contributed by atoms with van der Waals surface area (Å²) in [6.07, 6.45) is 0.764. The molecule has 1 saturated heterocycles.